The fourth-order valence-electron chi connectivity index (χ4n) is 1.69. The Kier molecular flexibility index (Phi) is 5.38. The zero-order valence-corrected chi connectivity index (χ0v) is 11.3. The molecule has 0 bridgehead atoms. The molecule has 3 nitrogen and oxygen atoms in total. The van der Waals surface area contributed by atoms with Crippen LogP contribution in [-0.4, -0.2) is 29.4 Å². The van der Waals surface area contributed by atoms with Crippen LogP contribution in [0.3, 0.4) is 0 Å². The summed E-state index contributed by atoms with van der Waals surface area (Å²) in [7, 11) is 1.65. The van der Waals surface area contributed by atoms with E-state index >= 15 is 0 Å². The Morgan fingerprint density at radius 1 is 1.44 bits per heavy atom. The Morgan fingerprint density at radius 3 is 2.56 bits per heavy atom. The first-order chi connectivity index (χ1) is 7.58. The summed E-state index contributed by atoms with van der Waals surface area (Å²) < 4.78 is 5.29. The molecule has 1 N–H and O–H groups in total. The topological polar surface area (TPSA) is 42.4 Å². The normalized spacial score (nSPS) is 15.1. The molecule has 1 rings (SSSR count). The van der Waals surface area contributed by atoms with E-state index in [-0.39, 0.29) is 6.10 Å². The van der Waals surface area contributed by atoms with E-state index in [1.165, 1.54) is 4.88 Å². The van der Waals surface area contributed by atoms with Gasteiger partial charge >= 0.3 is 0 Å². The zero-order valence-electron chi connectivity index (χ0n) is 10.5. The van der Waals surface area contributed by atoms with Crippen molar-refractivity contribution in [2.75, 3.05) is 7.11 Å². The standard InChI is InChI=1S/C12H21NO2S/c1-5-6-11(15-4)10(14)7-12-13-8(2)9(3)16-12/h10-11,14H,5-7H2,1-4H3. The lowest BCUT2D eigenvalue weighted by Gasteiger charge is -2.20. The summed E-state index contributed by atoms with van der Waals surface area (Å²) in [4.78, 5) is 5.66. The van der Waals surface area contributed by atoms with Crippen molar-refractivity contribution in [2.45, 2.75) is 52.2 Å². The molecule has 4 heteroatoms. The number of aromatic nitrogens is 1. The molecule has 1 aromatic rings. The maximum absolute atomic E-state index is 10.0. The van der Waals surface area contributed by atoms with Crippen LogP contribution in [0.2, 0.25) is 0 Å². The number of aliphatic hydroxyl groups excluding tert-OH is 1. The van der Waals surface area contributed by atoms with Gasteiger partial charge in [-0.1, -0.05) is 13.3 Å². The number of hydrogen-bond donors (Lipinski definition) is 1. The molecule has 92 valence electrons. The second kappa shape index (κ2) is 6.33. The molecule has 1 aromatic heterocycles. The van der Waals surface area contributed by atoms with Crippen molar-refractivity contribution in [3.8, 4) is 0 Å². The van der Waals surface area contributed by atoms with Gasteiger partial charge in [-0.3, -0.25) is 0 Å². The maximum atomic E-state index is 10.0. The Hall–Kier alpha value is -0.450. The molecule has 0 fully saturated rings. The molecule has 0 aliphatic heterocycles. The molecule has 0 aliphatic rings. The predicted molar refractivity (Wildman–Crippen MR) is 67.0 cm³/mol. The van der Waals surface area contributed by atoms with Gasteiger partial charge in [-0.25, -0.2) is 4.98 Å². The van der Waals surface area contributed by atoms with Gasteiger partial charge in [-0.05, 0) is 20.3 Å². The van der Waals surface area contributed by atoms with Crippen LogP contribution >= 0.6 is 11.3 Å². The van der Waals surface area contributed by atoms with E-state index in [2.05, 4.69) is 18.8 Å². The lowest BCUT2D eigenvalue weighted by atomic mass is 10.1. The number of thiazole rings is 1. The summed E-state index contributed by atoms with van der Waals surface area (Å²) in [6, 6.07) is 0. The molecule has 0 aromatic carbocycles. The van der Waals surface area contributed by atoms with E-state index in [4.69, 9.17) is 4.74 Å². The Morgan fingerprint density at radius 2 is 2.12 bits per heavy atom. The number of ether oxygens (including phenoxy) is 1. The van der Waals surface area contributed by atoms with Crippen LogP contribution in [0.4, 0.5) is 0 Å². The van der Waals surface area contributed by atoms with E-state index in [1.54, 1.807) is 18.4 Å². The van der Waals surface area contributed by atoms with Crippen molar-refractivity contribution in [3.05, 3.63) is 15.6 Å². The van der Waals surface area contributed by atoms with Gasteiger partial charge in [0.2, 0.25) is 0 Å². The second-order valence-electron chi connectivity index (χ2n) is 4.08. The highest BCUT2D eigenvalue weighted by Crippen LogP contribution is 2.20. The predicted octanol–water partition coefficient (Wildman–Crippen LogP) is 2.48. The van der Waals surface area contributed by atoms with Crippen molar-refractivity contribution in [1.29, 1.82) is 0 Å². The number of aliphatic hydroxyl groups is 1. The van der Waals surface area contributed by atoms with Crippen LogP contribution in [0.5, 0.6) is 0 Å². The minimum atomic E-state index is -0.449. The number of hydrogen-bond acceptors (Lipinski definition) is 4. The maximum Gasteiger partial charge on any atom is 0.0957 e. The number of aryl methyl sites for hydroxylation is 2. The zero-order chi connectivity index (χ0) is 12.1. The first kappa shape index (κ1) is 13.6. The van der Waals surface area contributed by atoms with E-state index in [0.717, 1.165) is 23.5 Å². The van der Waals surface area contributed by atoms with Gasteiger partial charge in [0.15, 0.2) is 0 Å². The van der Waals surface area contributed by atoms with Gasteiger partial charge in [0.25, 0.3) is 0 Å². The van der Waals surface area contributed by atoms with E-state index in [1.807, 2.05) is 6.92 Å². The molecule has 0 spiro atoms. The van der Waals surface area contributed by atoms with Crippen molar-refractivity contribution in [2.24, 2.45) is 0 Å². The summed E-state index contributed by atoms with van der Waals surface area (Å²) >= 11 is 1.66. The van der Waals surface area contributed by atoms with E-state index in [0.29, 0.717) is 6.42 Å². The SMILES string of the molecule is CCCC(OC)C(O)Cc1nc(C)c(C)s1. The van der Waals surface area contributed by atoms with Gasteiger partial charge < -0.3 is 9.84 Å². The van der Waals surface area contributed by atoms with Crippen LogP contribution in [0.25, 0.3) is 0 Å². The number of nitrogens with zero attached hydrogens (tertiary/aromatic N) is 1. The quantitative estimate of drug-likeness (QED) is 0.834. The molecule has 2 unspecified atom stereocenters. The highest BCUT2D eigenvalue weighted by molar-refractivity contribution is 7.11. The van der Waals surface area contributed by atoms with Crippen molar-refractivity contribution < 1.29 is 9.84 Å². The van der Waals surface area contributed by atoms with Crippen molar-refractivity contribution >= 4 is 11.3 Å². The third-order valence-corrected chi connectivity index (χ3v) is 3.86. The lowest BCUT2D eigenvalue weighted by Crippen LogP contribution is -2.29. The molecule has 16 heavy (non-hydrogen) atoms. The van der Waals surface area contributed by atoms with Gasteiger partial charge in [0.1, 0.15) is 0 Å². The summed E-state index contributed by atoms with van der Waals surface area (Å²) in [6.45, 7) is 6.15. The van der Waals surface area contributed by atoms with Crippen molar-refractivity contribution in [1.82, 2.24) is 4.98 Å². The molecule has 1 heterocycles. The third kappa shape index (κ3) is 3.54. The van der Waals surface area contributed by atoms with Crippen LogP contribution in [0.1, 0.15) is 35.3 Å². The van der Waals surface area contributed by atoms with Gasteiger partial charge in [0.05, 0.1) is 22.9 Å². The first-order valence-corrected chi connectivity index (χ1v) is 6.53. The number of methoxy groups -OCH3 is 1. The Bertz CT molecular complexity index is 305. The average molecular weight is 243 g/mol. The second-order valence-corrected chi connectivity index (χ2v) is 5.37. The van der Waals surface area contributed by atoms with Gasteiger partial charge in [-0.15, -0.1) is 11.3 Å². The molecule has 0 saturated heterocycles. The van der Waals surface area contributed by atoms with Gasteiger partial charge in [-0.2, -0.15) is 0 Å². The summed E-state index contributed by atoms with van der Waals surface area (Å²) in [6.07, 6.45) is 1.98. The lowest BCUT2D eigenvalue weighted by molar-refractivity contribution is -0.0159. The van der Waals surface area contributed by atoms with E-state index < -0.39 is 6.10 Å². The molecule has 0 aliphatic carbocycles. The van der Waals surface area contributed by atoms with Crippen LogP contribution in [0, 0.1) is 13.8 Å². The molecular formula is C12H21NO2S. The monoisotopic (exact) mass is 243 g/mol. The Balaban J connectivity index is 2.58. The molecule has 0 radical (unpaired) electrons. The van der Waals surface area contributed by atoms with Gasteiger partial charge in [0, 0.05) is 18.4 Å². The van der Waals surface area contributed by atoms with Crippen LogP contribution in [-0.2, 0) is 11.2 Å². The molecule has 0 amide bonds. The van der Waals surface area contributed by atoms with Crippen LogP contribution in [0.15, 0.2) is 0 Å². The fourth-order valence-corrected chi connectivity index (χ4v) is 2.67. The number of rotatable bonds is 6. The highest BCUT2D eigenvalue weighted by Gasteiger charge is 2.19. The molecule has 2 atom stereocenters. The molecular weight excluding hydrogens is 222 g/mol. The fraction of sp³-hybridized carbons (Fsp3) is 0.750. The highest BCUT2D eigenvalue weighted by atomic mass is 32.1. The Labute approximate surface area is 101 Å². The summed E-state index contributed by atoms with van der Waals surface area (Å²) in [5.74, 6) is 0. The van der Waals surface area contributed by atoms with E-state index in [9.17, 15) is 5.11 Å². The first-order valence-electron chi connectivity index (χ1n) is 5.72. The summed E-state index contributed by atoms with van der Waals surface area (Å²) in [5, 5.41) is 11.0. The minimum Gasteiger partial charge on any atom is -0.390 e. The minimum absolute atomic E-state index is 0.0745. The summed E-state index contributed by atoms with van der Waals surface area (Å²) in [5.41, 5.74) is 1.07. The largest absolute Gasteiger partial charge is 0.390 e. The smallest absolute Gasteiger partial charge is 0.0957 e. The average Bonchev–Trinajstić information content (AvgIpc) is 2.54. The third-order valence-electron chi connectivity index (χ3n) is 2.76. The van der Waals surface area contributed by atoms with Crippen LogP contribution < -0.4 is 0 Å². The molecule has 0 saturated carbocycles. The van der Waals surface area contributed by atoms with Crippen molar-refractivity contribution in [3.63, 3.8) is 0 Å².